The maximum absolute atomic E-state index is 12.3. The molecule has 1 amide bonds. The zero-order valence-electron chi connectivity index (χ0n) is 15.7. The van der Waals surface area contributed by atoms with Gasteiger partial charge in [0.25, 0.3) is 11.1 Å². The molecule has 0 saturated heterocycles. The lowest BCUT2D eigenvalue weighted by Crippen LogP contribution is -2.21. The number of para-hydroxylation sites is 2. The van der Waals surface area contributed by atoms with E-state index in [4.69, 9.17) is 23.4 Å². The minimum Gasteiger partial charge on any atom is -0.486 e. The number of nitrogens with one attached hydrogen (secondary N) is 1. The molecule has 0 saturated carbocycles. The minimum atomic E-state index is -0.492. The Morgan fingerprint density at radius 2 is 1.80 bits per heavy atom. The molecule has 0 spiro atoms. The fourth-order valence-corrected chi connectivity index (χ4v) is 3.57. The fourth-order valence-electron chi connectivity index (χ4n) is 3.00. The molecular weight excluding hydrogens is 410 g/mol. The predicted octanol–water partition coefficient (Wildman–Crippen LogP) is 3.08. The Labute approximate surface area is 175 Å². The van der Waals surface area contributed by atoms with Gasteiger partial charge in [-0.2, -0.15) is 0 Å². The van der Waals surface area contributed by atoms with Crippen LogP contribution in [0.25, 0.3) is 0 Å². The van der Waals surface area contributed by atoms with Crippen LogP contribution >= 0.6 is 11.8 Å². The van der Waals surface area contributed by atoms with Crippen LogP contribution in [-0.2, 0) is 4.79 Å². The molecule has 3 aromatic rings. The average Bonchev–Trinajstić information content (AvgIpc) is 3.26. The molecule has 1 atom stereocenters. The lowest BCUT2D eigenvalue weighted by Gasteiger charge is -2.23. The molecule has 0 bridgehead atoms. The van der Waals surface area contributed by atoms with Crippen LogP contribution in [0.5, 0.6) is 23.0 Å². The number of amides is 1. The van der Waals surface area contributed by atoms with Crippen molar-refractivity contribution >= 4 is 23.4 Å². The van der Waals surface area contributed by atoms with E-state index in [1.807, 2.05) is 24.3 Å². The number of hydrogen-bond acceptors (Lipinski definition) is 9. The van der Waals surface area contributed by atoms with E-state index in [9.17, 15) is 4.79 Å². The van der Waals surface area contributed by atoms with Crippen molar-refractivity contribution in [2.45, 2.75) is 11.3 Å². The maximum atomic E-state index is 12.3. The first-order chi connectivity index (χ1) is 14.7. The highest BCUT2D eigenvalue weighted by Gasteiger charge is 2.27. The first-order valence-corrected chi connectivity index (χ1v) is 10.3. The highest BCUT2D eigenvalue weighted by atomic mass is 32.2. The molecular formula is C20H17N3O6S. The Morgan fingerprint density at radius 1 is 1.00 bits per heavy atom. The summed E-state index contributed by atoms with van der Waals surface area (Å²) in [5, 5.41) is 11.1. The van der Waals surface area contributed by atoms with Crippen molar-refractivity contribution in [2.24, 2.45) is 0 Å². The van der Waals surface area contributed by atoms with Crippen molar-refractivity contribution in [3.05, 3.63) is 48.4 Å². The van der Waals surface area contributed by atoms with E-state index in [2.05, 4.69) is 15.5 Å². The van der Waals surface area contributed by atoms with Crippen molar-refractivity contribution < 1.29 is 28.2 Å². The monoisotopic (exact) mass is 427 g/mol. The summed E-state index contributed by atoms with van der Waals surface area (Å²) in [6.07, 6.45) is -0.492. The normalized spacial score (nSPS) is 16.7. The van der Waals surface area contributed by atoms with Gasteiger partial charge in [0, 0.05) is 11.8 Å². The largest absolute Gasteiger partial charge is 0.486 e. The highest BCUT2D eigenvalue weighted by Crippen LogP contribution is 2.36. The number of rotatable bonds is 5. The number of fused-ring (bicyclic) bond motifs is 2. The van der Waals surface area contributed by atoms with E-state index in [0.717, 1.165) is 11.8 Å². The second-order valence-corrected chi connectivity index (χ2v) is 7.39. The van der Waals surface area contributed by atoms with Crippen LogP contribution < -0.4 is 24.3 Å². The number of hydrogen-bond donors (Lipinski definition) is 1. The van der Waals surface area contributed by atoms with Gasteiger partial charge in [-0.05, 0) is 24.3 Å². The van der Waals surface area contributed by atoms with Crippen LogP contribution in [0.15, 0.2) is 52.1 Å². The van der Waals surface area contributed by atoms with Gasteiger partial charge >= 0.3 is 0 Å². The van der Waals surface area contributed by atoms with E-state index < -0.39 is 6.10 Å². The minimum absolute atomic E-state index is 0.112. The number of nitrogens with zero attached hydrogens (tertiary/aromatic N) is 2. The lowest BCUT2D eigenvalue weighted by molar-refractivity contribution is -0.113. The fraction of sp³-hybridized carbons (Fsp3) is 0.250. The zero-order valence-corrected chi connectivity index (χ0v) is 16.5. The van der Waals surface area contributed by atoms with Crippen LogP contribution in [0.4, 0.5) is 5.69 Å². The molecule has 0 radical (unpaired) electrons. The zero-order chi connectivity index (χ0) is 20.3. The second-order valence-electron chi connectivity index (χ2n) is 6.47. The molecule has 154 valence electrons. The molecule has 2 aliphatic heterocycles. The van der Waals surface area contributed by atoms with Crippen molar-refractivity contribution in [1.29, 1.82) is 0 Å². The number of thioether (sulfide) groups is 1. The number of ether oxygens (including phenoxy) is 4. The summed E-state index contributed by atoms with van der Waals surface area (Å²) in [5.74, 6) is 2.80. The third-order valence-electron chi connectivity index (χ3n) is 4.36. The Hall–Kier alpha value is -3.40. The summed E-state index contributed by atoms with van der Waals surface area (Å²) in [5.41, 5.74) is 0.627. The van der Waals surface area contributed by atoms with E-state index in [1.54, 1.807) is 18.2 Å². The molecule has 3 heterocycles. The van der Waals surface area contributed by atoms with Crippen LogP contribution in [0, 0.1) is 0 Å². The summed E-state index contributed by atoms with van der Waals surface area (Å²) in [6, 6.07) is 12.7. The van der Waals surface area contributed by atoms with Gasteiger partial charge in [0.15, 0.2) is 23.0 Å². The Bertz CT molecular complexity index is 1070. The molecule has 9 nitrogen and oxygen atoms in total. The molecule has 2 aliphatic rings. The van der Waals surface area contributed by atoms with E-state index in [-0.39, 0.29) is 23.5 Å². The number of benzene rings is 2. The third kappa shape index (κ3) is 3.99. The summed E-state index contributed by atoms with van der Waals surface area (Å²) >= 11 is 1.14. The van der Waals surface area contributed by atoms with Gasteiger partial charge in [-0.25, -0.2) is 0 Å². The van der Waals surface area contributed by atoms with Crippen molar-refractivity contribution in [3.8, 4) is 23.0 Å². The summed E-state index contributed by atoms with van der Waals surface area (Å²) in [7, 11) is 0. The van der Waals surface area contributed by atoms with Gasteiger partial charge in [0.1, 0.15) is 19.8 Å². The van der Waals surface area contributed by atoms with Crippen molar-refractivity contribution in [2.75, 3.05) is 30.9 Å². The second kappa shape index (κ2) is 8.15. The highest BCUT2D eigenvalue weighted by molar-refractivity contribution is 7.99. The van der Waals surface area contributed by atoms with Gasteiger partial charge in [-0.15, -0.1) is 10.2 Å². The SMILES string of the molecule is O=C(CSc1nnc(C2COc3ccccc3O2)o1)Nc1ccc2c(c1)OCCO2. The number of anilines is 1. The Morgan fingerprint density at radius 3 is 2.70 bits per heavy atom. The van der Waals surface area contributed by atoms with Gasteiger partial charge in [0.2, 0.25) is 12.0 Å². The standard InChI is InChI=1S/C20H17N3O6S/c24-18(21-12-5-6-14-16(9-12)26-8-7-25-14)11-30-20-23-22-19(29-20)17-10-27-13-3-1-2-4-15(13)28-17/h1-6,9,17H,7-8,10-11H2,(H,21,24). The lowest BCUT2D eigenvalue weighted by atomic mass is 10.2. The molecule has 1 unspecified atom stereocenters. The molecule has 0 aliphatic carbocycles. The first kappa shape index (κ1) is 18.6. The quantitative estimate of drug-likeness (QED) is 0.615. The van der Waals surface area contributed by atoms with Crippen LogP contribution in [0.1, 0.15) is 12.0 Å². The van der Waals surface area contributed by atoms with Gasteiger partial charge in [-0.3, -0.25) is 4.79 Å². The average molecular weight is 427 g/mol. The Balaban J connectivity index is 1.16. The smallest absolute Gasteiger partial charge is 0.277 e. The summed E-state index contributed by atoms with van der Waals surface area (Å²) in [4.78, 5) is 12.3. The molecule has 1 aromatic heterocycles. The first-order valence-electron chi connectivity index (χ1n) is 9.29. The molecule has 30 heavy (non-hydrogen) atoms. The third-order valence-corrected chi connectivity index (χ3v) is 5.18. The van der Waals surface area contributed by atoms with Crippen molar-refractivity contribution in [1.82, 2.24) is 10.2 Å². The maximum Gasteiger partial charge on any atom is 0.277 e. The topological polar surface area (TPSA) is 105 Å². The number of aromatic nitrogens is 2. The molecule has 5 rings (SSSR count). The molecule has 0 fully saturated rings. The van der Waals surface area contributed by atoms with Crippen LogP contribution in [-0.4, -0.2) is 41.7 Å². The summed E-state index contributed by atoms with van der Waals surface area (Å²) in [6.45, 7) is 1.28. The van der Waals surface area contributed by atoms with Gasteiger partial charge in [0.05, 0.1) is 5.75 Å². The van der Waals surface area contributed by atoms with Crippen molar-refractivity contribution in [3.63, 3.8) is 0 Å². The number of carbonyl (C=O) groups is 1. The van der Waals surface area contributed by atoms with Gasteiger partial charge < -0.3 is 28.7 Å². The van der Waals surface area contributed by atoms with E-state index >= 15 is 0 Å². The summed E-state index contributed by atoms with van der Waals surface area (Å²) < 4.78 is 28.1. The van der Waals surface area contributed by atoms with Crippen LogP contribution in [0.2, 0.25) is 0 Å². The van der Waals surface area contributed by atoms with Crippen LogP contribution in [0.3, 0.4) is 0 Å². The molecule has 10 heteroatoms. The Kier molecular flexibility index (Phi) is 5.06. The number of carbonyl (C=O) groups excluding carboxylic acids is 1. The molecule has 1 N–H and O–H groups in total. The van der Waals surface area contributed by atoms with E-state index in [1.165, 1.54) is 0 Å². The van der Waals surface area contributed by atoms with Gasteiger partial charge in [-0.1, -0.05) is 23.9 Å². The predicted molar refractivity (Wildman–Crippen MR) is 106 cm³/mol. The molecule has 2 aromatic carbocycles. The van der Waals surface area contributed by atoms with E-state index in [0.29, 0.717) is 47.8 Å².